The zero-order chi connectivity index (χ0) is 8.77. The van der Waals surface area contributed by atoms with Crippen LogP contribution in [-0.2, 0) is 0 Å². The molecule has 2 rings (SSSR count). The Labute approximate surface area is 75.1 Å². The normalized spacial score (nSPS) is 39.2. The second kappa shape index (κ2) is 2.42. The van der Waals surface area contributed by atoms with Crippen molar-refractivity contribution in [2.75, 3.05) is 6.54 Å². The Morgan fingerprint density at radius 1 is 1.50 bits per heavy atom. The van der Waals surface area contributed by atoms with E-state index in [0.717, 1.165) is 18.4 Å². The van der Waals surface area contributed by atoms with Crippen LogP contribution in [0, 0.1) is 24.3 Å². The fourth-order valence-corrected chi connectivity index (χ4v) is 3.14. The lowest BCUT2D eigenvalue weighted by molar-refractivity contribution is 0.0113. The topological polar surface area (TPSA) is 3.24 Å². The first-order chi connectivity index (χ1) is 5.71. The number of terminal acetylenes is 1. The Kier molecular flexibility index (Phi) is 1.61. The van der Waals surface area contributed by atoms with Gasteiger partial charge in [-0.05, 0) is 31.1 Å². The predicted octanol–water partition coefficient (Wildman–Crippen LogP) is 2.09. The van der Waals surface area contributed by atoms with Gasteiger partial charge in [-0.1, -0.05) is 20.3 Å². The summed E-state index contributed by atoms with van der Waals surface area (Å²) in [6.45, 7) is 5.74. The average Bonchev–Trinajstić information content (AvgIpc) is 2.23. The number of rotatable bonds is 1. The van der Waals surface area contributed by atoms with Crippen molar-refractivity contribution in [3.05, 3.63) is 0 Å². The van der Waals surface area contributed by atoms with Crippen molar-refractivity contribution in [3.8, 4) is 12.5 Å². The summed E-state index contributed by atoms with van der Waals surface area (Å²) >= 11 is 0. The number of fused-ring (bicyclic) bond motifs is 1. The van der Waals surface area contributed by atoms with E-state index in [9.17, 15) is 0 Å². The van der Waals surface area contributed by atoms with Gasteiger partial charge < -0.3 is 4.90 Å². The lowest BCUT2D eigenvalue weighted by atomic mass is 9.62. The average molecular weight is 163 g/mol. The van der Waals surface area contributed by atoms with Gasteiger partial charge in [0.05, 0.1) is 5.54 Å². The minimum atomic E-state index is 0.398. The van der Waals surface area contributed by atoms with Crippen molar-refractivity contribution in [1.82, 2.24) is 4.90 Å². The van der Waals surface area contributed by atoms with Crippen LogP contribution in [0.3, 0.4) is 0 Å². The fraction of sp³-hybridized carbons (Fsp3) is 0.818. The molecule has 12 heavy (non-hydrogen) atoms. The van der Waals surface area contributed by atoms with E-state index in [1.54, 1.807) is 0 Å². The summed E-state index contributed by atoms with van der Waals surface area (Å²) in [5, 5.41) is 0. The van der Waals surface area contributed by atoms with E-state index in [4.69, 9.17) is 6.42 Å². The van der Waals surface area contributed by atoms with E-state index in [2.05, 4.69) is 24.8 Å². The standard InChI is InChI=1S/C11H17N/c1-4-12-8-6-10-5-7-11(10,12)9(2)3/h1,9-10H,5-8H2,2-3H3/t10-,11?/m0/s1. The van der Waals surface area contributed by atoms with Crippen LogP contribution >= 0.6 is 0 Å². The van der Waals surface area contributed by atoms with Crippen LogP contribution < -0.4 is 0 Å². The maximum atomic E-state index is 5.52. The third-order valence-electron chi connectivity index (χ3n) is 3.96. The third-order valence-corrected chi connectivity index (χ3v) is 3.96. The summed E-state index contributed by atoms with van der Waals surface area (Å²) in [6, 6.07) is 2.85. The molecule has 2 atom stereocenters. The first-order valence-electron chi connectivity index (χ1n) is 4.95. The van der Waals surface area contributed by atoms with E-state index in [1.165, 1.54) is 19.3 Å². The molecule has 1 unspecified atom stereocenters. The van der Waals surface area contributed by atoms with Crippen LogP contribution in [-0.4, -0.2) is 17.0 Å². The number of hydrogen-bond donors (Lipinski definition) is 0. The molecule has 0 N–H and O–H groups in total. The summed E-state index contributed by atoms with van der Waals surface area (Å²) in [5.74, 6) is 1.61. The van der Waals surface area contributed by atoms with Crippen LogP contribution in [0.4, 0.5) is 0 Å². The molecule has 0 aromatic rings. The monoisotopic (exact) mass is 163 g/mol. The molecular formula is C11H17N. The maximum Gasteiger partial charge on any atom is 0.0532 e. The van der Waals surface area contributed by atoms with Crippen molar-refractivity contribution in [1.29, 1.82) is 0 Å². The van der Waals surface area contributed by atoms with Gasteiger partial charge in [0.25, 0.3) is 0 Å². The lowest BCUT2D eigenvalue weighted by Crippen LogP contribution is -2.56. The molecule has 0 spiro atoms. The van der Waals surface area contributed by atoms with E-state index in [1.807, 2.05) is 0 Å². The highest BCUT2D eigenvalue weighted by Gasteiger charge is 2.55. The summed E-state index contributed by atoms with van der Waals surface area (Å²) < 4.78 is 0. The van der Waals surface area contributed by atoms with Crippen molar-refractivity contribution < 1.29 is 0 Å². The lowest BCUT2D eigenvalue weighted by Gasteiger charge is -2.52. The molecule has 1 heterocycles. The molecule has 0 bridgehead atoms. The highest BCUT2D eigenvalue weighted by molar-refractivity contribution is 5.15. The second-order valence-corrected chi connectivity index (χ2v) is 4.45. The molecular weight excluding hydrogens is 146 g/mol. The molecule has 1 aliphatic heterocycles. The van der Waals surface area contributed by atoms with Gasteiger partial charge in [0.15, 0.2) is 0 Å². The fourth-order valence-electron chi connectivity index (χ4n) is 3.14. The van der Waals surface area contributed by atoms with Gasteiger partial charge in [-0.15, -0.1) is 0 Å². The van der Waals surface area contributed by atoms with Crippen molar-refractivity contribution in [2.45, 2.75) is 38.6 Å². The van der Waals surface area contributed by atoms with Gasteiger partial charge in [-0.25, -0.2) is 0 Å². The maximum absolute atomic E-state index is 5.52. The molecule has 1 saturated heterocycles. The number of hydrogen-bond acceptors (Lipinski definition) is 1. The Morgan fingerprint density at radius 2 is 2.25 bits per heavy atom. The smallest absolute Gasteiger partial charge is 0.0532 e. The zero-order valence-corrected chi connectivity index (χ0v) is 8.01. The molecule has 0 aromatic carbocycles. The quantitative estimate of drug-likeness (QED) is 0.535. The molecule has 0 amide bonds. The molecule has 1 nitrogen and oxygen atoms in total. The van der Waals surface area contributed by atoms with Crippen LogP contribution in [0.15, 0.2) is 0 Å². The molecule has 0 radical (unpaired) electrons. The number of likely N-dealkylation sites (tertiary alicyclic amines) is 1. The molecule has 0 aromatic heterocycles. The van der Waals surface area contributed by atoms with Gasteiger partial charge >= 0.3 is 0 Å². The molecule has 1 heteroatoms. The largest absolute Gasteiger partial charge is 0.326 e. The Morgan fingerprint density at radius 3 is 2.58 bits per heavy atom. The van der Waals surface area contributed by atoms with Gasteiger partial charge in [0, 0.05) is 12.6 Å². The van der Waals surface area contributed by atoms with Crippen LogP contribution in [0.1, 0.15) is 33.1 Å². The summed E-state index contributed by atoms with van der Waals surface area (Å²) in [5.41, 5.74) is 0.398. The molecule has 2 fully saturated rings. The van der Waals surface area contributed by atoms with Gasteiger partial charge in [-0.3, -0.25) is 0 Å². The molecule has 1 aliphatic carbocycles. The SMILES string of the molecule is C#CN1CC[C@@H]2CCC21C(C)C. The summed E-state index contributed by atoms with van der Waals surface area (Å²) in [6.07, 6.45) is 9.56. The molecule has 66 valence electrons. The highest BCUT2D eigenvalue weighted by atomic mass is 15.2. The third kappa shape index (κ3) is 0.710. The molecule has 1 saturated carbocycles. The Hall–Kier alpha value is -0.640. The first kappa shape index (κ1) is 7.98. The summed E-state index contributed by atoms with van der Waals surface area (Å²) in [4.78, 5) is 2.26. The first-order valence-corrected chi connectivity index (χ1v) is 4.95. The summed E-state index contributed by atoms with van der Waals surface area (Å²) in [7, 11) is 0. The highest BCUT2D eigenvalue weighted by Crippen LogP contribution is 2.53. The minimum absolute atomic E-state index is 0.398. The predicted molar refractivity (Wildman–Crippen MR) is 50.4 cm³/mol. The van der Waals surface area contributed by atoms with Gasteiger partial charge in [0.1, 0.15) is 0 Å². The minimum Gasteiger partial charge on any atom is -0.326 e. The van der Waals surface area contributed by atoms with Crippen LogP contribution in [0.2, 0.25) is 0 Å². The van der Waals surface area contributed by atoms with Gasteiger partial charge in [-0.2, -0.15) is 0 Å². The van der Waals surface area contributed by atoms with Crippen molar-refractivity contribution in [2.24, 2.45) is 11.8 Å². The van der Waals surface area contributed by atoms with E-state index in [0.29, 0.717) is 5.54 Å². The van der Waals surface area contributed by atoms with E-state index in [-0.39, 0.29) is 0 Å². The Balaban J connectivity index is 2.26. The Bertz CT molecular complexity index is 226. The van der Waals surface area contributed by atoms with Crippen molar-refractivity contribution in [3.63, 3.8) is 0 Å². The van der Waals surface area contributed by atoms with E-state index >= 15 is 0 Å². The molecule has 2 aliphatic rings. The second-order valence-electron chi connectivity index (χ2n) is 4.45. The van der Waals surface area contributed by atoms with Gasteiger partial charge in [0.2, 0.25) is 0 Å². The van der Waals surface area contributed by atoms with Crippen molar-refractivity contribution >= 4 is 0 Å². The van der Waals surface area contributed by atoms with E-state index < -0.39 is 0 Å². The van der Waals surface area contributed by atoms with Crippen LogP contribution in [0.5, 0.6) is 0 Å². The number of nitrogens with zero attached hydrogens (tertiary/aromatic N) is 1. The van der Waals surface area contributed by atoms with Crippen LogP contribution in [0.25, 0.3) is 0 Å². The zero-order valence-electron chi connectivity index (χ0n) is 8.01.